The lowest BCUT2D eigenvalue weighted by molar-refractivity contribution is -0.125. The van der Waals surface area contributed by atoms with Crippen molar-refractivity contribution < 1.29 is 19.2 Å². The molecule has 43 heavy (non-hydrogen) atoms. The van der Waals surface area contributed by atoms with Gasteiger partial charge in [0.25, 0.3) is 11.8 Å². The molecule has 224 valence electrons. The fourth-order valence-corrected chi connectivity index (χ4v) is 6.43. The van der Waals surface area contributed by atoms with Gasteiger partial charge in [0.1, 0.15) is 17.6 Å². The number of amides is 4. The van der Waals surface area contributed by atoms with Crippen LogP contribution in [0.2, 0.25) is 10.0 Å². The minimum absolute atomic E-state index is 0.0481. The predicted molar refractivity (Wildman–Crippen MR) is 160 cm³/mol. The number of halogens is 2. The zero-order valence-corrected chi connectivity index (χ0v) is 25.5. The van der Waals surface area contributed by atoms with Crippen LogP contribution in [-0.2, 0) is 22.6 Å². The Morgan fingerprint density at radius 3 is 2.56 bits per heavy atom. The molecular formula is C30H31Cl2N7O4. The molecule has 5 heterocycles. The molecule has 1 fully saturated rings. The second-order valence-electron chi connectivity index (χ2n) is 11.2. The smallest absolute Gasteiger partial charge is 0.273 e. The topological polar surface area (TPSA) is 121 Å². The number of aromatic nitrogens is 3. The largest absolute Gasteiger partial charge is 0.357 e. The summed E-state index contributed by atoms with van der Waals surface area (Å²) in [6.07, 6.45) is 3.41. The van der Waals surface area contributed by atoms with E-state index in [1.54, 1.807) is 46.1 Å². The van der Waals surface area contributed by atoms with Crippen LogP contribution in [0.25, 0.3) is 0 Å². The summed E-state index contributed by atoms with van der Waals surface area (Å²) in [6, 6.07) is 7.02. The zero-order valence-electron chi connectivity index (χ0n) is 24.0. The molecule has 11 nitrogen and oxygen atoms in total. The summed E-state index contributed by atoms with van der Waals surface area (Å²) in [4.78, 5) is 62.6. The SMILES string of the molecule is CNC(=O)[C@@H]1CN(C(C)c2ccc(N3CCCC3=O)nc2)C(=O)c2c3c(nn21)C[C@@H](C)N(C(=O)c1ccc(Cl)c(Cl)c1)C3. The quantitative estimate of drug-likeness (QED) is 0.461. The summed E-state index contributed by atoms with van der Waals surface area (Å²) >= 11 is 12.3. The molecular weight excluding hydrogens is 593 g/mol. The van der Waals surface area contributed by atoms with Crippen molar-refractivity contribution in [1.29, 1.82) is 0 Å². The lowest BCUT2D eigenvalue weighted by Gasteiger charge is -2.38. The Morgan fingerprint density at radius 1 is 1.12 bits per heavy atom. The van der Waals surface area contributed by atoms with Crippen molar-refractivity contribution in [3.05, 3.63) is 74.7 Å². The van der Waals surface area contributed by atoms with E-state index in [0.717, 1.165) is 12.0 Å². The van der Waals surface area contributed by atoms with E-state index in [1.165, 1.54) is 10.7 Å². The summed E-state index contributed by atoms with van der Waals surface area (Å²) in [5.74, 6) is -0.164. The Morgan fingerprint density at radius 2 is 1.91 bits per heavy atom. The van der Waals surface area contributed by atoms with Crippen molar-refractivity contribution in [2.24, 2.45) is 0 Å². The van der Waals surface area contributed by atoms with Crippen LogP contribution in [0, 0.1) is 0 Å². The maximum atomic E-state index is 14.2. The summed E-state index contributed by atoms with van der Waals surface area (Å²) in [5.41, 5.74) is 2.78. The molecule has 3 atom stereocenters. The fraction of sp³-hybridized carbons (Fsp3) is 0.400. The number of nitrogens with zero attached hydrogens (tertiary/aromatic N) is 6. The van der Waals surface area contributed by atoms with Gasteiger partial charge >= 0.3 is 0 Å². The van der Waals surface area contributed by atoms with Gasteiger partial charge in [-0.15, -0.1) is 0 Å². The minimum atomic E-state index is -0.755. The van der Waals surface area contributed by atoms with Gasteiger partial charge in [-0.1, -0.05) is 29.3 Å². The van der Waals surface area contributed by atoms with E-state index >= 15 is 0 Å². The summed E-state index contributed by atoms with van der Waals surface area (Å²) in [7, 11) is 1.55. The standard InChI is InChI=1S/C30H31Cl2N7O4/c1-16-11-23-20(14-37(16)29(42)18-6-8-21(31)22(32)12-18)27-30(43)38(15-24(28(41)33-3)39(27)35-23)17(2)19-7-9-25(34-13-19)36-10-4-5-26(36)40/h6-9,12-13,16-17,24H,4-5,10-11,14-15H2,1-3H3,(H,33,41)/t16-,17?,24+/m1/s1. The Balaban J connectivity index is 1.33. The highest BCUT2D eigenvalue weighted by atomic mass is 35.5. The van der Waals surface area contributed by atoms with Crippen molar-refractivity contribution in [1.82, 2.24) is 29.9 Å². The lowest BCUT2D eigenvalue weighted by Crippen LogP contribution is -2.49. The van der Waals surface area contributed by atoms with E-state index < -0.39 is 12.1 Å². The first-order valence-electron chi connectivity index (χ1n) is 14.2. The normalized spacial score (nSPS) is 20.6. The summed E-state index contributed by atoms with van der Waals surface area (Å²) < 4.78 is 1.52. The van der Waals surface area contributed by atoms with Gasteiger partial charge in [-0.2, -0.15) is 5.10 Å². The number of likely N-dealkylation sites (N-methyl/N-ethyl adjacent to an activating group) is 1. The molecule has 3 aromatic rings. The number of pyridine rings is 1. The van der Waals surface area contributed by atoms with Gasteiger partial charge in [0.05, 0.1) is 34.9 Å². The van der Waals surface area contributed by atoms with E-state index in [4.69, 9.17) is 28.3 Å². The van der Waals surface area contributed by atoms with Crippen LogP contribution in [0.5, 0.6) is 0 Å². The van der Waals surface area contributed by atoms with Gasteiger partial charge in [-0.3, -0.25) is 24.1 Å². The number of carbonyl (C=O) groups is 4. The van der Waals surface area contributed by atoms with Gasteiger partial charge < -0.3 is 15.1 Å². The molecule has 13 heteroatoms. The third-order valence-corrected chi connectivity index (χ3v) is 9.36. The molecule has 0 saturated carbocycles. The van der Waals surface area contributed by atoms with Crippen LogP contribution < -0.4 is 10.2 Å². The maximum Gasteiger partial charge on any atom is 0.273 e. The van der Waals surface area contributed by atoms with E-state index in [9.17, 15) is 19.2 Å². The highest BCUT2D eigenvalue weighted by Gasteiger charge is 2.43. The summed E-state index contributed by atoms with van der Waals surface area (Å²) in [6.45, 7) is 4.71. The molecule has 0 spiro atoms. The van der Waals surface area contributed by atoms with Gasteiger partial charge in [0, 0.05) is 49.8 Å². The number of benzene rings is 1. The second-order valence-corrected chi connectivity index (χ2v) is 12.0. The monoisotopic (exact) mass is 623 g/mol. The van der Waals surface area contributed by atoms with E-state index in [0.29, 0.717) is 52.7 Å². The minimum Gasteiger partial charge on any atom is -0.357 e. The molecule has 1 saturated heterocycles. The van der Waals surface area contributed by atoms with Crippen molar-refractivity contribution >= 4 is 52.6 Å². The number of nitrogens with one attached hydrogen (secondary N) is 1. The molecule has 3 aliphatic rings. The molecule has 4 amide bonds. The van der Waals surface area contributed by atoms with Crippen LogP contribution in [0.1, 0.15) is 76.4 Å². The molecule has 6 rings (SSSR count). The Labute approximate surface area is 258 Å². The van der Waals surface area contributed by atoms with Crippen LogP contribution in [0.3, 0.4) is 0 Å². The molecule has 1 aromatic carbocycles. The maximum absolute atomic E-state index is 14.2. The van der Waals surface area contributed by atoms with Gasteiger partial charge in [-0.05, 0) is 50.1 Å². The molecule has 0 radical (unpaired) electrons. The number of fused-ring (bicyclic) bond motifs is 3. The predicted octanol–water partition coefficient (Wildman–Crippen LogP) is 3.80. The number of anilines is 1. The van der Waals surface area contributed by atoms with Crippen LogP contribution in [0.15, 0.2) is 36.5 Å². The van der Waals surface area contributed by atoms with Crippen LogP contribution in [-0.4, -0.2) is 74.4 Å². The number of carbonyl (C=O) groups excluding carboxylic acids is 4. The molecule has 1 unspecified atom stereocenters. The highest BCUT2D eigenvalue weighted by Crippen LogP contribution is 2.36. The molecule has 3 aliphatic heterocycles. The molecule has 1 N–H and O–H groups in total. The first-order chi connectivity index (χ1) is 20.6. The summed E-state index contributed by atoms with van der Waals surface area (Å²) in [5, 5.41) is 8.09. The number of rotatable bonds is 5. The van der Waals surface area contributed by atoms with Gasteiger partial charge in [0.2, 0.25) is 11.8 Å². The first kappa shape index (κ1) is 29.1. The Bertz CT molecular complexity index is 1640. The molecule has 0 bridgehead atoms. The van der Waals surface area contributed by atoms with E-state index in [1.807, 2.05) is 19.9 Å². The van der Waals surface area contributed by atoms with Gasteiger partial charge in [0.15, 0.2) is 0 Å². The Hall–Kier alpha value is -3.96. The second kappa shape index (κ2) is 11.3. The number of hydrogen-bond acceptors (Lipinski definition) is 6. The highest BCUT2D eigenvalue weighted by molar-refractivity contribution is 6.42. The third kappa shape index (κ3) is 5.04. The lowest BCUT2D eigenvalue weighted by atomic mass is 9.96. The van der Waals surface area contributed by atoms with E-state index in [-0.39, 0.29) is 47.8 Å². The average molecular weight is 625 g/mol. The van der Waals surface area contributed by atoms with Crippen molar-refractivity contribution in [3.63, 3.8) is 0 Å². The fourth-order valence-electron chi connectivity index (χ4n) is 6.13. The number of hydrogen-bond donors (Lipinski definition) is 1. The first-order valence-corrected chi connectivity index (χ1v) is 15.0. The van der Waals surface area contributed by atoms with Crippen molar-refractivity contribution in [2.45, 2.75) is 57.8 Å². The molecule has 2 aromatic heterocycles. The van der Waals surface area contributed by atoms with E-state index in [2.05, 4.69) is 10.3 Å². The van der Waals surface area contributed by atoms with Crippen molar-refractivity contribution in [2.75, 3.05) is 25.0 Å². The average Bonchev–Trinajstić information content (AvgIpc) is 3.60. The van der Waals surface area contributed by atoms with Crippen molar-refractivity contribution in [3.8, 4) is 0 Å². The molecule has 0 aliphatic carbocycles. The Kier molecular flexibility index (Phi) is 7.64. The van der Waals surface area contributed by atoms with Crippen LogP contribution >= 0.6 is 23.2 Å². The van der Waals surface area contributed by atoms with Gasteiger partial charge in [-0.25, -0.2) is 9.67 Å². The van der Waals surface area contributed by atoms with Crippen LogP contribution in [0.4, 0.5) is 5.82 Å². The third-order valence-electron chi connectivity index (χ3n) is 8.62. The zero-order chi connectivity index (χ0) is 30.6.